The van der Waals surface area contributed by atoms with Gasteiger partial charge in [0.2, 0.25) is 0 Å². The van der Waals surface area contributed by atoms with Gasteiger partial charge in [-0.05, 0) is 29.8 Å². The van der Waals surface area contributed by atoms with Crippen LogP contribution in [-0.2, 0) is 6.54 Å². The normalized spacial score (nSPS) is 10.2. The lowest BCUT2D eigenvalue weighted by Gasteiger charge is -2.20. The molecule has 0 unspecified atom stereocenters. The minimum Gasteiger partial charge on any atom is -0.493 e. The zero-order valence-electron chi connectivity index (χ0n) is 12.1. The Balaban J connectivity index is 2.24. The maximum Gasteiger partial charge on any atom is 0.183 e. The Kier molecular flexibility index (Phi) is 4.35. The zero-order valence-corrected chi connectivity index (χ0v) is 12.1. The van der Waals surface area contributed by atoms with Gasteiger partial charge < -0.3 is 20.1 Å². The smallest absolute Gasteiger partial charge is 0.183 e. The van der Waals surface area contributed by atoms with Crippen LogP contribution >= 0.6 is 0 Å². The Morgan fingerprint density at radius 1 is 1.05 bits per heavy atom. The van der Waals surface area contributed by atoms with Gasteiger partial charge in [-0.2, -0.15) is 0 Å². The summed E-state index contributed by atoms with van der Waals surface area (Å²) in [5, 5.41) is 0. The third-order valence-corrected chi connectivity index (χ3v) is 3.18. The van der Waals surface area contributed by atoms with Gasteiger partial charge in [-0.1, -0.05) is 18.2 Å². The lowest BCUT2D eigenvalue weighted by molar-refractivity contribution is 0.356. The number of rotatable bonds is 5. The van der Waals surface area contributed by atoms with E-state index in [1.54, 1.807) is 14.2 Å². The van der Waals surface area contributed by atoms with Crippen molar-refractivity contribution >= 4 is 11.4 Å². The number of hydrogen-bond donors (Lipinski definition) is 1. The molecule has 106 valence electrons. The van der Waals surface area contributed by atoms with Crippen LogP contribution in [0.3, 0.4) is 0 Å². The lowest BCUT2D eigenvalue weighted by atomic mass is 10.1. The number of anilines is 2. The molecule has 2 aromatic carbocycles. The molecule has 0 radical (unpaired) electrons. The van der Waals surface area contributed by atoms with Gasteiger partial charge >= 0.3 is 0 Å². The molecular formula is C16H20N2O2. The van der Waals surface area contributed by atoms with E-state index in [4.69, 9.17) is 15.2 Å². The van der Waals surface area contributed by atoms with Crippen LogP contribution in [0.25, 0.3) is 0 Å². The predicted octanol–water partition coefficient (Wildman–Crippen LogP) is 2.92. The van der Waals surface area contributed by atoms with Crippen LogP contribution in [-0.4, -0.2) is 21.3 Å². The number of ether oxygens (including phenoxy) is 2. The van der Waals surface area contributed by atoms with E-state index in [1.165, 1.54) is 0 Å². The average Bonchev–Trinajstić information content (AvgIpc) is 2.47. The third kappa shape index (κ3) is 2.96. The van der Waals surface area contributed by atoms with E-state index in [9.17, 15) is 0 Å². The number of benzene rings is 2. The third-order valence-electron chi connectivity index (χ3n) is 3.18. The van der Waals surface area contributed by atoms with Gasteiger partial charge in [-0.3, -0.25) is 0 Å². The van der Waals surface area contributed by atoms with Crippen molar-refractivity contribution in [2.45, 2.75) is 6.54 Å². The highest BCUT2D eigenvalue weighted by atomic mass is 16.5. The fourth-order valence-corrected chi connectivity index (χ4v) is 2.19. The van der Waals surface area contributed by atoms with Gasteiger partial charge in [-0.15, -0.1) is 0 Å². The first-order chi connectivity index (χ1) is 9.65. The quantitative estimate of drug-likeness (QED) is 0.850. The summed E-state index contributed by atoms with van der Waals surface area (Å²) in [6.45, 7) is 0.745. The van der Waals surface area contributed by atoms with Gasteiger partial charge in [0, 0.05) is 19.3 Å². The van der Waals surface area contributed by atoms with E-state index < -0.39 is 0 Å². The van der Waals surface area contributed by atoms with Crippen molar-refractivity contribution in [2.24, 2.45) is 0 Å². The monoisotopic (exact) mass is 272 g/mol. The summed E-state index contributed by atoms with van der Waals surface area (Å²) in [6.07, 6.45) is 0. The molecule has 4 nitrogen and oxygen atoms in total. The van der Waals surface area contributed by atoms with Crippen LogP contribution in [0.4, 0.5) is 11.4 Å². The Morgan fingerprint density at radius 2 is 1.75 bits per heavy atom. The molecule has 0 spiro atoms. The second-order valence-electron chi connectivity index (χ2n) is 4.61. The Hall–Kier alpha value is -2.36. The standard InChI is InChI=1S/C16H20N2O2/c1-18(13-7-5-4-6-8-13)11-12-9-14(17)16(20-3)15(10-12)19-2/h4-10H,11,17H2,1-3H3. The second-order valence-corrected chi connectivity index (χ2v) is 4.61. The number of nitrogens with zero attached hydrogens (tertiary/aromatic N) is 1. The molecule has 0 heterocycles. The minimum atomic E-state index is 0.582. The Morgan fingerprint density at radius 3 is 2.35 bits per heavy atom. The maximum absolute atomic E-state index is 6.00. The van der Waals surface area contributed by atoms with Gasteiger partial charge in [0.25, 0.3) is 0 Å². The molecule has 0 aromatic heterocycles. The largest absolute Gasteiger partial charge is 0.493 e. The van der Waals surface area contributed by atoms with Crippen LogP contribution in [0.1, 0.15) is 5.56 Å². The molecule has 0 aliphatic carbocycles. The summed E-state index contributed by atoms with van der Waals surface area (Å²) in [7, 11) is 5.24. The van der Waals surface area contributed by atoms with E-state index in [1.807, 2.05) is 37.4 Å². The number of hydrogen-bond acceptors (Lipinski definition) is 4. The summed E-state index contributed by atoms with van der Waals surface area (Å²) in [5.74, 6) is 1.24. The van der Waals surface area contributed by atoms with Gasteiger partial charge in [0.15, 0.2) is 11.5 Å². The molecule has 0 aliphatic heterocycles. The molecule has 0 amide bonds. The van der Waals surface area contributed by atoms with Crippen molar-refractivity contribution in [3.8, 4) is 11.5 Å². The van der Waals surface area contributed by atoms with Crippen molar-refractivity contribution in [3.05, 3.63) is 48.0 Å². The van der Waals surface area contributed by atoms with Crippen LogP contribution in [0.15, 0.2) is 42.5 Å². The molecule has 0 atom stereocenters. The number of nitrogens with two attached hydrogens (primary N) is 1. The lowest BCUT2D eigenvalue weighted by Crippen LogP contribution is -2.16. The van der Waals surface area contributed by atoms with E-state index in [0.29, 0.717) is 17.2 Å². The molecule has 20 heavy (non-hydrogen) atoms. The fraction of sp³-hybridized carbons (Fsp3) is 0.250. The first kappa shape index (κ1) is 14.1. The van der Waals surface area contributed by atoms with Crippen LogP contribution in [0, 0.1) is 0 Å². The van der Waals surface area contributed by atoms with Crippen molar-refractivity contribution in [3.63, 3.8) is 0 Å². The highest BCUT2D eigenvalue weighted by molar-refractivity contribution is 5.62. The highest BCUT2D eigenvalue weighted by Gasteiger charge is 2.11. The summed E-state index contributed by atoms with van der Waals surface area (Å²) in [5.41, 5.74) is 8.81. The molecule has 0 saturated heterocycles. The first-order valence-electron chi connectivity index (χ1n) is 6.42. The van der Waals surface area contributed by atoms with Crippen LogP contribution in [0.5, 0.6) is 11.5 Å². The van der Waals surface area contributed by atoms with Gasteiger partial charge in [-0.25, -0.2) is 0 Å². The zero-order chi connectivity index (χ0) is 14.5. The van der Waals surface area contributed by atoms with E-state index >= 15 is 0 Å². The first-order valence-corrected chi connectivity index (χ1v) is 6.42. The molecule has 4 heteroatoms. The van der Waals surface area contributed by atoms with Crippen LogP contribution in [0.2, 0.25) is 0 Å². The van der Waals surface area contributed by atoms with Crippen molar-refractivity contribution < 1.29 is 9.47 Å². The number of nitrogen functional groups attached to an aromatic ring is 1. The summed E-state index contributed by atoms with van der Waals surface area (Å²) < 4.78 is 10.6. The molecule has 0 fully saturated rings. The summed E-state index contributed by atoms with van der Waals surface area (Å²) in [6, 6.07) is 14.1. The van der Waals surface area contributed by atoms with E-state index in [0.717, 1.165) is 17.8 Å². The summed E-state index contributed by atoms with van der Waals surface area (Å²) >= 11 is 0. The molecule has 2 rings (SSSR count). The van der Waals surface area contributed by atoms with Crippen molar-refractivity contribution in [2.75, 3.05) is 31.9 Å². The van der Waals surface area contributed by atoms with Crippen molar-refractivity contribution in [1.82, 2.24) is 0 Å². The highest BCUT2D eigenvalue weighted by Crippen LogP contribution is 2.35. The number of methoxy groups -OCH3 is 2. The van der Waals surface area contributed by atoms with Crippen molar-refractivity contribution in [1.29, 1.82) is 0 Å². The van der Waals surface area contributed by atoms with Gasteiger partial charge in [0.05, 0.1) is 19.9 Å². The predicted molar refractivity (Wildman–Crippen MR) is 82.5 cm³/mol. The Labute approximate surface area is 119 Å². The minimum absolute atomic E-state index is 0.582. The molecule has 0 bridgehead atoms. The van der Waals surface area contributed by atoms with E-state index in [2.05, 4.69) is 17.0 Å². The molecule has 2 N–H and O–H groups in total. The SMILES string of the molecule is COc1cc(CN(C)c2ccccc2)cc(N)c1OC. The Bertz CT molecular complexity index is 570. The molecule has 0 aliphatic rings. The second kappa shape index (κ2) is 6.19. The molecule has 2 aromatic rings. The topological polar surface area (TPSA) is 47.7 Å². The molecular weight excluding hydrogens is 252 g/mol. The van der Waals surface area contributed by atoms with E-state index in [-0.39, 0.29) is 0 Å². The van der Waals surface area contributed by atoms with Crippen LogP contribution < -0.4 is 20.1 Å². The molecule has 0 saturated carbocycles. The number of para-hydroxylation sites is 1. The maximum atomic E-state index is 6.00. The fourth-order valence-electron chi connectivity index (χ4n) is 2.19. The van der Waals surface area contributed by atoms with Gasteiger partial charge in [0.1, 0.15) is 0 Å². The summed E-state index contributed by atoms with van der Waals surface area (Å²) in [4.78, 5) is 2.15. The average molecular weight is 272 g/mol.